The average molecular weight is 338 g/mol. The Morgan fingerprint density at radius 2 is 1.67 bits per heavy atom. The standard InChI is InChI=1S/C20H34O4/c1-5-8-11-16(7-3)14-19(17(21)22)12-9-10-13-20(19,18(23)24)15(4)6-2/h9-10,15-16H,5-8,11-14H2,1-4H3,(H,21,22)(H,23,24). The molecule has 0 saturated carbocycles. The van der Waals surface area contributed by atoms with Gasteiger partial charge in [0.15, 0.2) is 0 Å². The summed E-state index contributed by atoms with van der Waals surface area (Å²) in [5, 5.41) is 20.3. The van der Waals surface area contributed by atoms with Crippen molar-refractivity contribution >= 4 is 11.9 Å². The van der Waals surface area contributed by atoms with E-state index in [9.17, 15) is 19.8 Å². The Labute approximate surface area is 146 Å². The van der Waals surface area contributed by atoms with E-state index in [0.717, 1.165) is 25.7 Å². The molecule has 4 nitrogen and oxygen atoms in total. The van der Waals surface area contributed by atoms with Gasteiger partial charge in [0.1, 0.15) is 0 Å². The molecule has 0 saturated heterocycles. The lowest BCUT2D eigenvalue weighted by Crippen LogP contribution is -2.57. The van der Waals surface area contributed by atoms with Gasteiger partial charge in [-0.15, -0.1) is 0 Å². The van der Waals surface area contributed by atoms with E-state index < -0.39 is 22.8 Å². The number of allylic oxidation sites excluding steroid dienone is 2. The Morgan fingerprint density at radius 3 is 2.12 bits per heavy atom. The average Bonchev–Trinajstić information content (AvgIpc) is 2.57. The van der Waals surface area contributed by atoms with Crippen molar-refractivity contribution in [1.82, 2.24) is 0 Å². The minimum absolute atomic E-state index is 0.181. The molecule has 0 radical (unpaired) electrons. The van der Waals surface area contributed by atoms with E-state index in [1.807, 2.05) is 26.0 Å². The summed E-state index contributed by atoms with van der Waals surface area (Å²) in [6.07, 6.45) is 9.52. The second-order valence-corrected chi connectivity index (χ2v) is 7.47. The largest absolute Gasteiger partial charge is 0.481 e. The number of hydrogen-bond donors (Lipinski definition) is 2. The molecule has 4 atom stereocenters. The minimum Gasteiger partial charge on any atom is -0.481 e. The second kappa shape index (κ2) is 8.68. The maximum atomic E-state index is 12.4. The smallest absolute Gasteiger partial charge is 0.311 e. The fourth-order valence-corrected chi connectivity index (χ4v) is 4.52. The van der Waals surface area contributed by atoms with Crippen molar-refractivity contribution in [2.75, 3.05) is 0 Å². The summed E-state index contributed by atoms with van der Waals surface area (Å²) in [6.45, 7) is 8.07. The van der Waals surface area contributed by atoms with Gasteiger partial charge in [-0.3, -0.25) is 9.59 Å². The van der Waals surface area contributed by atoms with Crippen LogP contribution in [0.15, 0.2) is 12.2 Å². The molecule has 0 aromatic rings. The molecule has 1 aliphatic rings. The molecule has 0 aromatic heterocycles. The van der Waals surface area contributed by atoms with Gasteiger partial charge in [0.2, 0.25) is 0 Å². The first-order valence-corrected chi connectivity index (χ1v) is 9.44. The lowest BCUT2D eigenvalue weighted by molar-refractivity contribution is -0.184. The Hall–Kier alpha value is -1.32. The SMILES string of the molecule is CCCCC(CC)CC1(C(=O)O)CC=CCC1(C(=O)O)C(C)CC. The maximum Gasteiger partial charge on any atom is 0.311 e. The van der Waals surface area contributed by atoms with Crippen molar-refractivity contribution in [2.24, 2.45) is 22.7 Å². The van der Waals surface area contributed by atoms with Crippen LogP contribution in [0.25, 0.3) is 0 Å². The van der Waals surface area contributed by atoms with E-state index in [1.165, 1.54) is 0 Å². The van der Waals surface area contributed by atoms with Crippen molar-refractivity contribution in [3.63, 3.8) is 0 Å². The summed E-state index contributed by atoms with van der Waals surface area (Å²) in [7, 11) is 0. The van der Waals surface area contributed by atoms with Gasteiger partial charge in [-0.25, -0.2) is 0 Å². The van der Waals surface area contributed by atoms with E-state index in [4.69, 9.17) is 0 Å². The predicted octanol–water partition coefficient (Wildman–Crippen LogP) is 5.13. The molecule has 0 spiro atoms. The Kier molecular flexibility index (Phi) is 7.50. The van der Waals surface area contributed by atoms with Crippen molar-refractivity contribution in [1.29, 1.82) is 0 Å². The predicted molar refractivity (Wildman–Crippen MR) is 95.9 cm³/mol. The lowest BCUT2D eigenvalue weighted by atomic mass is 9.50. The molecule has 0 aliphatic heterocycles. The van der Waals surface area contributed by atoms with Crippen LogP contribution < -0.4 is 0 Å². The molecule has 4 heteroatoms. The zero-order valence-electron chi connectivity index (χ0n) is 15.7. The number of aliphatic carboxylic acids is 2. The summed E-state index contributed by atoms with van der Waals surface area (Å²) in [5.41, 5.74) is -2.43. The van der Waals surface area contributed by atoms with Crippen LogP contribution in [0.4, 0.5) is 0 Å². The van der Waals surface area contributed by atoms with Gasteiger partial charge in [0.25, 0.3) is 0 Å². The topological polar surface area (TPSA) is 74.6 Å². The van der Waals surface area contributed by atoms with Crippen LogP contribution in [0.5, 0.6) is 0 Å². The number of unbranched alkanes of at least 4 members (excludes halogenated alkanes) is 1. The minimum atomic E-state index is -1.22. The third kappa shape index (κ3) is 3.52. The number of carbonyl (C=O) groups is 2. The highest BCUT2D eigenvalue weighted by Crippen LogP contribution is 2.58. The van der Waals surface area contributed by atoms with Crippen LogP contribution in [0.2, 0.25) is 0 Å². The molecule has 0 fully saturated rings. The monoisotopic (exact) mass is 338 g/mol. The Balaban J connectivity index is 3.40. The quantitative estimate of drug-likeness (QED) is 0.541. The molecule has 0 aromatic carbocycles. The van der Waals surface area contributed by atoms with Crippen molar-refractivity contribution in [3.8, 4) is 0 Å². The van der Waals surface area contributed by atoms with E-state index in [2.05, 4.69) is 13.8 Å². The first kappa shape index (κ1) is 20.7. The normalized spacial score (nSPS) is 29.2. The van der Waals surface area contributed by atoms with Gasteiger partial charge >= 0.3 is 11.9 Å². The highest BCUT2D eigenvalue weighted by molar-refractivity contribution is 5.87. The lowest BCUT2D eigenvalue weighted by Gasteiger charge is -2.51. The van der Waals surface area contributed by atoms with Gasteiger partial charge in [-0.1, -0.05) is 72.0 Å². The fourth-order valence-electron chi connectivity index (χ4n) is 4.52. The van der Waals surface area contributed by atoms with Crippen LogP contribution >= 0.6 is 0 Å². The summed E-state index contributed by atoms with van der Waals surface area (Å²) in [4.78, 5) is 24.8. The molecule has 1 rings (SSSR count). The molecule has 0 amide bonds. The molecule has 4 unspecified atom stereocenters. The Morgan fingerprint density at radius 1 is 1.04 bits per heavy atom. The molecule has 0 heterocycles. The van der Waals surface area contributed by atoms with E-state index in [-0.39, 0.29) is 11.8 Å². The fraction of sp³-hybridized carbons (Fsp3) is 0.800. The van der Waals surface area contributed by atoms with Gasteiger partial charge in [0, 0.05) is 0 Å². The molecule has 2 N–H and O–H groups in total. The zero-order valence-corrected chi connectivity index (χ0v) is 15.7. The zero-order chi connectivity index (χ0) is 18.4. The van der Waals surface area contributed by atoms with Crippen molar-refractivity contribution in [3.05, 3.63) is 12.2 Å². The van der Waals surface area contributed by atoms with Crippen LogP contribution in [-0.2, 0) is 9.59 Å². The van der Waals surface area contributed by atoms with E-state index >= 15 is 0 Å². The number of carboxylic acids is 2. The van der Waals surface area contributed by atoms with E-state index in [1.54, 1.807) is 0 Å². The van der Waals surface area contributed by atoms with Crippen LogP contribution in [0, 0.1) is 22.7 Å². The third-order valence-electron chi connectivity index (χ3n) is 6.35. The molecule has 0 bridgehead atoms. The summed E-state index contributed by atoms with van der Waals surface area (Å²) < 4.78 is 0. The Bertz CT molecular complexity index is 470. The second-order valence-electron chi connectivity index (χ2n) is 7.47. The molecule has 138 valence electrons. The van der Waals surface area contributed by atoms with Crippen LogP contribution in [-0.4, -0.2) is 22.2 Å². The number of rotatable bonds is 10. The molecular weight excluding hydrogens is 304 g/mol. The van der Waals surface area contributed by atoms with Gasteiger partial charge < -0.3 is 10.2 Å². The summed E-state index contributed by atoms with van der Waals surface area (Å²) in [5.74, 6) is -1.81. The number of hydrogen-bond acceptors (Lipinski definition) is 2. The highest BCUT2D eigenvalue weighted by atomic mass is 16.4. The molecule has 1 aliphatic carbocycles. The maximum absolute atomic E-state index is 12.4. The highest BCUT2D eigenvalue weighted by Gasteiger charge is 2.63. The van der Waals surface area contributed by atoms with Gasteiger partial charge in [-0.05, 0) is 31.1 Å². The summed E-state index contributed by atoms with van der Waals surface area (Å²) in [6, 6.07) is 0. The van der Waals surface area contributed by atoms with Crippen molar-refractivity contribution in [2.45, 2.75) is 79.1 Å². The van der Waals surface area contributed by atoms with Crippen molar-refractivity contribution < 1.29 is 19.8 Å². The molecular formula is C20H34O4. The first-order chi connectivity index (χ1) is 11.3. The number of carboxylic acid groups (broad SMARTS) is 2. The van der Waals surface area contributed by atoms with Gasteiger partial charge in [0.05, 0.1) is 10.8 Å². The van der Waals surface area contributed by atoms with Crippen LogP contribution in [0.1, 0.15) is 79.1 Å². The molecule has 24 heavy (non-hydrogen) atoms. The van der Waals surface area contributed by atoms with E-state index in [0.29, 0.717) is 25.7 Å². The summed E-state index contributed by atoms with van der Waals surface area (Å²) >= 11 is 0. The van der Waals surface area contributed by atoms with Gasteiger partial charge in [-0.2, -0.15) is 0 Å². The van der Waals surface area contributed by atoms with Crippen LogP contribution in [0.3, 0.4) is 0 Å². The first-order valence-electron chi connectivity index (χ1n) is 9.44. The third-order valence-corrected chi connectivity index (χ3v) is 6.35.